The van der Waals surface area contributed by atoms with Crippen molar-refractivity contribution in [3.8, 4) is 0 Å². The molecule has 4 nitrogen and oxygen atoms in total. The molecule has 0 atom stereocenters. The molecule has 2 N–H and O–H groups in total. The van der Waals surface area contributed by atoms with E-state index in [0.717, 1.165) is 29.7 Å². The molecule has 0 saturated heterocycles. The third kappa shape index (κ3) is 5.25. The maximum atomic E-state index is 11.9. The Morgan fingerprint density at radius 3 is 2.80 bits per heavy atom. The van der Waals surface area contributed by atoms with Gasteiger partial charge in [-0.1, -0.05) is 6.92 Å². The average Bonchev–Trinajstić information content (AvgIpc) is 2.85. The molecule has 0 aliphatic heterocycles. The summed E-state index contributed by atoms with van der Waals surface area (Å²) in [6.07, 6.45) is 1.11. The van der Waals surface area contributed by atoms with E-state index < -0.39 is 0 Å². The van der Waals surface area contributed by atoms with Gasteiger partial charge in [-0.2, -0.15) is 0 Å². The van der Waals surface area contributed by atoms with E-state index in [1.807, 2.05) is 18.2 Å². The second-order valence-electron chi connectivity index (χ2n) is 4.04. The molecule has 0 aliphatic rings. The normalized spacial score (nSPS) is 9.65. The van der Waals surface area contributed by atoms with E-state index >= 15 is 0 Å². The van der Waals surface area contributed by atoms with E-state index in [4.69, 9.17) is 0 Å². The Balaban J connectivity index is 0.00000180. The number of benzene rings is 1. The van der Waals surface area contributed by atoms with Crippen LogP contribution in [0.3, 0.4) is 0 Å². The fourth-order valence-electron chi connectivity index (χ4n) is 1.66. The highest BCUT2D eigenvalue weighted by molar-refractivity contribution is 7.16. The number of thiazole rings is 1. The summed E-state index contributed by atoms with van der Waals surface area (Å²) in [5, 5.41) is 6.14. The van der Waals surface area contributed by atoms with Crippen molar-refractivity contribution in [3.05, 3.63) is 29.3 Å². The van der Waals surface area contributed by atoms with Gasteiger partial charge in [0.15, 0.2) is 0 Å². The fourth-order valence-corrected chi connectivity index (χ4v) is 2.38. The van der Waals surface area contributed by atoms with E-state index in [9.17, 15) is 4.79 Å². The van der Waals surface area contributed by atoms with Crippen molar-refractivity contribution in [1.29, 1.82) is 0 Å². The standard InChI is InChI=1S/C13H17N3OS.2ClH/c1-2-5-14-6-7-15-13(17)10-3-4-11-12(8-10)18-9-16-11;;/h3-4,8-9,14H,2,5-7H2,1H3,(H,15,17);2*1H. The number of fused-ring (bicyclic) bond motifs is 1. The van der Waals surface area contributed by atoms with E-state index in [-0.39, 0.29) is 30.7 Å². The van der Waals surface area contributed by atoms with Gasteiger partial charge in [0.05, 0.1) is 15.7 Å². The molecule has 7 heteroatoms. The second-order valence-corrected chi connectivity index (χ2v) is 4.93. The Labute approximate surface area is 135 Å². The Hall–Kier alpha value is -0.880. The zero-order valence-corrected chi connectivity index (χ0v) is 13.7. The van der Waals surface area contributed by atoms with E-state index in [0.29, 0.717) is 12.1 Å². The Morgan fingerprint density at radius 2 is 2.05 bits per heavy atom. The molecule has 0 saturated carbocycles. The molecule has 1 heterocycles. The first-order valence-electron chi connectivity index (χ1n) is 6.13. The third-order valence-electron chi connectivity index (χ3n) is 2.61. The highest BCUT2D eigenvalue weighted by atomic mass is 35.5. The van der Waals surface area contributed by atoms with Crippen LogP contribution in [0.15, 0.2) is 23.7 Å². The minimum absolute atomic E-state index is 0. The maximum Gasteiger partial charge on any atom is 0.251 e. The Bertz CT molecular complexity index is 533. The van der Waals surface area contributed by atoms with Crippen molar-refractivity contribution in [2.75, 3.05) is 19.6 Å². The number of halogens is 2. The molecular weight excluding hydrogens is 317 g/mol. The second kappa shape index (κ2) is 9.94. The number of carbonyl (C=O) groups is 1. The summed E-state index contributed by atoms with van der Waals surface area (Å²) in [5.74, 6) is -0.0244. The van der Waals surface area contributed by atoms with Gasteiger partial charge in [-0.3, -0.25) is 4.79 Å². The zero-order chi connectivity index (χ0) is 12.8. The number of carbonyl (C=O) groups excluding carboxylic acids is 1. The molecular formula is C13H19Cl2N3OS. The van der Waals surface area contributed by atoms with Crippen molar-refractivity contribution in [2.45, 2.75) is 13.3 Å². The molecule has 0 spiro atoms. The molecule has 2 aromatic rings. The molecule has 20 heavy (non-hydrogen) atoms. The lowest BCUT2D eigenvalue weighted by Crippen LogP contribution is -2.32. The largest absolute Gasteiger partial charge is 0.351 e. The molecule has 112 valence electrons. The van der Waals surface area contributed by atoms with Gasteiger partial charge in [0.1, 0.15) is 0 Å². The number of hydrogen-bond acceptors (Lipinski definition) is 4. The topological polar surface area (TPSA) is 54.0 Å². The number of nitrogens with one attached hydrogen (secondary N) is 2. The van der Waals surface area contributed by atoms with Gasteiger partial charge in [0.2, 0.25) is 0 Å². The van der Waals surface area contributed by atoms with E-state index in [1.165, 1.54) is 0 Å². The lowest BCUT2D eigenvalue weighted by molar-refractivity contribution is 0.0954. The monoisotopic (exact) mass is 335 g/mol. The Morgan fingerprint density at radius 1 is 1.25 bits per heavy atom. The van der Waals surface area contributed by atoms with Gasteiger partial charge >= 0.3 is 0 Å². The summed E-state index contributed by atoms with van der Waals surface area (Å²) in [5.41, 5.74) is 3.43. The predicted molar refractivity (Wildman–Crippen MR) is 89.6 cm³/mol. The molecule has 2 rings (SSSR count). The van der Waals surface area contributed by atoms with Gasteiger partial charge < -0.3 is 10.6 Å². The average molecular weight is 336 g/mol. The van der Waals surface area contributed by atoms with Gasteiger partial charge in [-0.15, -0.1) is 36.2 Å². The molecule has 1 amide bonds. The first kappa shape index (κ1) is 19.1. The van der Waals surface area contributed by atoms with Crippen LogP contribution in [0.4, 0.5) is 0 Å². The lowest BCUT2D eigenvalue weighted by Gasteiger charge is -2.06. The van der Waals surface area contributed by atoms with Crippen molar-refractivity contribution in [1.82, 2.24) is 15.6 Å². The quantitative estimate of drug-likeness (QED) is 0.798. The first-order chi connectivity index (χ1) is 8.81. The summed E-state index contributed by atoms with van der Waals surface area (Å²) in [7, 11) is 0. The molecule has 0 aliphatic carbocycles. The van der Waals surface area contributed by atoms with Crippen LogP contribution in [0.1, 0.15) is 23.7 Å². The summed E-state index contributed by atoms with van der Waals surface area (Å²) in [6, 6.07) is 5.59. The van der Waals surface area contributed by atoms with Crippen LogP contribution in [0.5, 0.6) is 0 Å². The fraction of sp³-hybridized carbons (Fsp3) is 0.385. The van der Waals surface area contributed by atoms with Crippen LogP contribution >= 0.6 is 36.2 Å². The van der Waals surface area contributed by atoms with E-state index in [1.54, 1.807) is 16.8 Å². The number of amides is 1. The van der Waals surface area contributed by atoms with Gasteiger partial charge in [-0.25, -0.2) is 4.98 Å². The maximum absolute atomic E-state index is 11.9. The van der Waals surface area contributed by atoms with E-state index in [2.05, 4.69) is 22.5 Å². The number of nitrogens with zero attached hydrogens (tertiary/aromatic N) is 1. The first-order valence-corrected chi connectivity index (χ1v) is 7.01. The number of hydrogen-bond donors (Lipinski definition) is 2. The van der Waals surface area contributed by atoms with Crippen LogP contribution < -0.4 is 10.6 Å². The highest BCUT2D eigenvalue weighted by Crippen LogP contribution is 2.18. The zero-order valence-electron chi connectivity index (χ0n) is 11.2. The summed E-state index contributed by atoms with van der Waals surface area (Å²) in [6.45, 7) is 4.57. The SMILES string of the molecule is CCCNCCNC(=O)c1ccc2ncsc2c1.Cl.Cl. The lowest BCUT2D eigenvalue weighted by atomic mass is 10.2. The highest BCUT2D eigenvalue weighted by Gasteiger charge is 2.06. The van der Waals surface area contributed by atoms with Crippen molar-refractivity contribution < 1.29 is 4.79 Å². The van der Waals surface area contributed by atoms with Crippen molar-refractivity contribution in [3.63, 3.8) is 0 Å². The molecule has 1 aromatic carbocycles. The van der Waals surface area contributed by atoms with Crippen LogP contribution in [0.2, 0.25) is 0 Å². The smallest absolute Gasteiger partial charge is 0.251 e. The summed E-state index contributed by atoms with van der Waals surface area (Å²) in [4.78, 5) is 16.1. The molecule has 0 bridgehead atoms. The van der Waals surface area contributed by atoms with Gasteiger partial charge in [0.25, 0.3) is 5.91 Å². The van der Waals surface area contributed by atoms with Crippen molar-refractivity contribution >= 4 is 52.3 Å². The van der Waals surface area contributed by atoms with Crippen LogP contribution in [-0.2, 0) is 0 Å². The summed E-state index contributed by atoms with van der Waals surface area (Å²) < 4.78 is 1.05. The van der Waals surface area contributed by atoms with Gasteiger partial charge in [-0.05, 0) is 31.2 Å². The molecule has 0 unspecified atom stereocenters. The summed E-state index contributed by atoms with van der Waals surface area (Å²) >= 11 is 1.55. The molecule has 0 fully saturated rings. The van der Waals surface area contributed by atoms with Gasteiger partial charge in [0, 0.05) is 18.7 Å². The predicted octanol–water partition coefficient (Wildman–Crippen LogP) is 2.87. The van der Waals surface area contributed by atoms with Crippen LogP contribution in [0, 0.1) is 0 Å². The number of aromatic nitrogens is 1. The molecule has 0 radical (unpaired) electrons. The van der Waals surface area contributed by atoms with Crippen LogP contribution in [0.25, 0.3) is 10.2 Å². The third-order valence-corrected chi connectivity index (χ3v) is 3.40. The number of rotatable bonds is 6. The van der Waals surface area contributed by atoms with Crippen LogP contribution in [-0.4, -0.2) is 30.5 Å². The molecule has 1 aromatic heterocycles. The Kier molecular flexibility index (Phi) is 9.50. The minimum Gasteiger partial charge on any atom is -0.351 e. The van der Waals surface area contributed by atoms with Crippen molar-refractivity contribution in [2.24, 2.45) is 0 Å². The minimum atomic E-state index is -0.0244.